The average Bonchev–Trinajstić information content (AvgIpc) is 4.19. The third-order valence-corrected chi connectivity index (χ3v) is 18.5. The molecule has 0 amide bonds. The second-order valence-corrected chi connectivity index (χ2v) is 22.5. The van der Waals surface area contributed by atoms with Gasteiger partial charge in [0.2, 0.25) is 0 Å². The second-order valence-electron chi connectivity index (χ2n) is 21.5. The van der Waals surface area contributed by atoms with E-state index in [1.807, 2.05) is 11.3 Å². The number of benzene rings is 13. The summed E-state index contributed by atoms with van der Waals surface area (Å²) in [6.45, 7) is 0. The van der Waals surface area contributed by atoms with Crippen molar-refractivity contribution in [3.8, 4) is 61.3 Å². The molecule has 2 aliphatic rings. The summed E-state index contributed by atoms with van der Waals surface area (Å²) in [7, 11) is 0. The Bertz CT molecular complexity index is 4920. The number of fused-ring (bicyclic) bond motifs is 18. The molecule has 0 radical (unpaired) electrons. The summed E-state index contributed by atoms with van der Waals surface area (Å²) in [6, 6.07) is 109. The van der Waals surface area contributed by atoms with Crippen LogP contribution in [0.5, 0.6) is 0 Å². The van der Waals surface area contributed by atoms with Gasteiger partial charge < -0.3 is 9.47 Å². The van der Waals surface area contributed by atoms with Gasteiger partial charge >= 0.3 is 0 Å². The number of anilines is 3. The number of para-hydroxylation sites is 1. The Morgan fingerprint density at radius 2 is 0.825 bits per heavy atom. The van der Waals surface area contributed by atoms with Gasteiger partial charge in [0.05, 0.1) is 16.4 Å². The smallest absolute Gasteiger partial charge is 0.0726 e. The minimum atomic E-state index is -0.491. The molecule has 2 heterocycles. The van der Waals surface area contributed by atoms with Crippen LogP contribution in [0.1, 0.15) is 22.3 Å². The maximum Gasteiger partial charge on any atom is 0.0726 e. The van der Waals surface area contributed by atoms with Crippen LogP contribution in [0.15, 0.2) is 291 Å². The summed E-state index contributed by atoms with van der Waals surface area (Å²) in [5.41, 5.74) is 24.0. The Morgan fingerprint density at radius 3 is 1.52 bits per heavy atom. The zero-order valence-electron chi connectivity index (χ0n) is 43.5. The molecule has 0 fully saturated rings. The van der Waals surface area contributed by atoms with E-state index in [0.717, 1.165) is 28.3 Å². The SMILES string of the molecule is c1ccc(-c2ccc(N(c3ccc4c(c3)C3(c5ccccc5-c5ccccc53)c3ccccc3-4)c3ccc4c5c6c(cc(-c7cccc8ccccc78)c5n(-c5ccccc5)c4c3)sc3ccc(-c4ccccc4)cc36)cc2)cc1. The lowest BCUT2D eigenvalue weighted by atomic mass is 9.70. The van der Waals surface area contributed by atoms with Crippen LogP contribution in [-0.4, -0.2) is 4.57 Å². The Hall–Kier alpha value is -10.1. The number of hydrogen-bond donors (Lipinski definition) is 0. The Morgan fingerprint density at radius 1 is 0.300 bits per heavy atom. The van der Waals surface area contributed by atoms with Crippen LogP contribution in [0.4, 0.5) is 17.1 Å². The molecule has 80 heavy (non-hydrogen) atoms. The molecule has 1 spiro atoms. The Labute approximate surface area is 468 Å². The third-order valence-electron chi connectivity index (χ3n) is 17.4. The summed E-state index contributed by atoms with van der Waals surface area (Å²) >= 11 is 1.90. The zero-order valence-corrected chi connectivity index (χ0v) is 44.3. The highest BCUT2D eigenvalue weighted by molar-refractivity contribution is 7.26. The van der Waals surface area contributed by atoms with Crippen LogP contribution < -0.4 is 4.90 Å². The minimum absolute atomic E-state index is 0.491. The lowest BCUT2D eigenvalue weighted by Gasteiger charge is -2.32. The van der Waals surface area contributed by atoms with E-state index in [1.54, 1.807) is 0 Å². The van der Waals surface area contributed by atoms with E-state index in [-0.39, 0.29) is 0 Å². The van der Waals surface area contributed by atoms with Crippen molar-refractivity contribution in [2.24, 2.45) is 0 Å². The molecule has 0 unspecified atom stereocenters. The quantitative estimate of drug-likeness (QED) is 0.154. The van der Waals surface area contributed by atoms with Crippen LogP contribution in [0, 0.1) is 0 Å². The standard InChI is InChI=1S/C77H48N2S/c1-4-19-49(20-5-1)51-35-38-55(39-36-51)78(56-40-42-63-62-30-14-17-34-69(62)77(70(63)46-56)67-32-15-12-28-60(67)61-29-13-16-33-68(61)77)57-41-43-64-71(47-57)79(54-25-8-3-9-26-54)76-65(59-31-18-24-52-23-10-11-27-58(52)59)48-73-74(75(64)76)66-45-53(37-44-72(66)80-73)50-21-6-2-7-22-50/h1-48H. The van der Waals surface area contributed by atoms with Crippen LogP contribution in [0.25, 0.3) is 114 Å². The first-order chi connectivity index (χ1) is 39.7. The maximum absolute atomic E-state index is 2.56. The van der Waals surface area contributed by atoms with E-state index in [1.165, 1.54) is 125 Å². The van der Waals surface area contributed by atoms with Crippen molar-refractivity contribution in [2.45, 2.75) is 5.41 Å². The maximum atomic E-state index is 2.56. The molecule has 0 atom stereocenters. The van der Waals surface area contributed by atoms with Crippen molar-refractivity contribution < 1.29 is 0 Å². The second kappa shape index (κ2) is 17.5. The van der Waals surface area contributed by atoms with Crippen LogP contribution >= 0.6 is 11.3 Å². The largest absolute Gasteiger partial charge is 0.310 e. The normalized spacial score (nSPS) is 12.8. The minimum Gasteiger partial charge on any atom is -0.310 e. The van der Waals surface area contributed by atoms with Gasteiger partial charge in [-0.05, 0) is 150 Å². The molecule has 2 aliphatic carbocycles. The van der Waals surface area contributed by atoms with Crippen molar-refractivity contribution in [3.05, 3.63) is 313 Å². The zero-order chi connectivity index (χ0) is 52.5. The van der Waals surface area contributed by atoms with Crippen molar-refractivity contribution in [1.82, 2.24) is 4.57 Å². The van der Waals surface area contributed by atoms with Crippen molar-refractivity contribution in [3.63, 3.8) is 0 Å². The van der Waals surface area contributed by atoms with Gasteiger partial charge in [-0.25, -0.2) is 0 Å². The van der Waals surface area contributed by atoms with Crippen LogP contribution in [0.2, 0.25) is 0 Å². The van der Waals surface area contributed by atoms with Gasteiger partial charge in [0, 0.05) is 59.3 Å². The molecular formula is C77H48N2S. The van der Waals surface area contributed by atoms with E-state index in [0.29, 0.717) is 0 Å². The molecule has 0 aliphatic heterocycles. The van der Waals surface area contributed by atoms with E-state index in [4.69, 9.17) is 0 Å². The number of hydrogen-bond acceptors (Lipinski definition) is 2. The average molecular weight is 1030 g/mol. The lowest BCUT2D eigenvalue weighted by Crippen LogP contribution is -2.26. The summed E-state index contributed by atoms with van der Waals surface area (Å²) in [6.07, 6.45) is 0. The summed E-state index contributed by atoms with van der Waals surface area (Å²) in [5, 5.41) is 7.52. The lowest BCUT2D eigenvalue weighted by molar-refractivity contribution is 0.793. The van der Waals surface area contributed by atoms with Crippen molar-refractivity contribution in [1.29, 1.82) is 0 Å². The number of thiophene rings is 1. The predicted octanol–water partition coefficient (Wildman–Crippen LogP) is 21.1. The summed E-state index contributed by atoms with van der Waals surface area (Å²) < 4.78 is 5.12. The van der Waals surface area contributed by atoms with Crippen LogP contribution in [-0.2, 0) is 5.41 Å². The van der Waals surface area contributed by atoms with Gasteiger partial charge in [-0.15, -0.1) is 11.3 Å². The van der Waals surface area contributed by atoms with Gasteiger partial charge in [0.1, 0.15) is 0 Å². The topological polar surface area (TPSA) is 8.17 Å². The molecule has 0 bridgehead atoms. The molecule has 372 valence electrons. The highest BCUT2D eigenvalue weighted by atomic mass is 32.1. The van der Waals surface area contributed by atoms with E-state index >= 15 is 0 Å². The predicted molar refractivity (Wildman–Crippen MR) is 338 cm³/mol. The van der Waals surface area contributed by atoms with Gasteiger partial charge in [0.15, 0.2) is 0 Å². The molecule has 0 saturated heterocycles. The highest BCUT2D eigenvalue weighted by Crippen LogP contribution is 2.63. The molecule has 13 aromatic carbocycles. The first kappa shape index (κ1) is 45.0. The van der Waals surface area contributed by atoms with E-state index < -0.39 is 5.41 Å². The number of aromatic nitrogens is 1. The van der Waals surface area contributed by atoms with Crippen molar-refractivity contribution >= 4 is 81.1 Å². The van der Waals surface area contributed by atoms with Gasteiger partial charge in [-0.1, -0.05) is 224 Å². The van der Waals surface area contributed by atoms with Gasteiger partial charge in [-0.3, -0.25) is 0 Å². The van der Waals surface area contributed by atoms with E-state index in [9.17, 15) is 0 Å². The highest BCUT2D eigenvalue weighted by Gasteiger charge is 2.51. The molecule has 15 aromatic rings. The Balaban J connectivity index is 0.970. The third kappa shape index (κ3) is 6.47. The fourth-order valence-corrected chi connectivity index (χ4v) is 15.2. The van der Waals surface area contributed by atoms with Crippen molar-refractivity contribution in [2.75, 3.05) is 4.90 Å². The summed E-state index contributed by atoms with van der Waals surface area (Å²) in [4.78, 5) is 2.50. The molecule has 0 saturated carbocycles. The fraction of sp³-hybridized carbons (Fsp3) is 0.0130. The number of rotatable bonds is 7. The molecule has 2 aromatic heterocycles. The first-order valence-corrected chi connectivity index (χ1v) is 28.5. The van der Waals surface area contributed by atoms with E-state index in [2.05, 4.69) is 301 Å². The molecule has 0 N–H and O–H groups in total. The molecule has 17 rings (SSSR count). The van der Waals surface area contributed by atoms with Gasteiger partial charge in [0.25, 0.3) is 0 Å². The number of nitrogens with zero attached hydrogens (tertiary/aromatic N) is 2. The summed E-state index contributed by atoms with van der Waals surface area (Å²) in [5.74, 6) is 0. The monoisotopic (exact) mass is 1030 g/mol. The molecule has 2 nitrogen and oxygen atoms in total. The first-order valence-electron chi connectivity index (χ1n) is 27.6. The van der Waals surface area contributed by atoms with Gasteiger partial charge in [-0.2, -0.15) is 0 Å². The molecule has 3 heteroatoms. The molecular weight excluding hydrogens is 985 g/mol. The Kier molecular flexibility index (Phi) is 9.83. The van der Waals surface area contributed by atoms with Crippen LogP contribution in [0.3, 0.4) is 0 Å². The fourth-order valence-electron chi connectivity index (χ4n) is 14.0.